The van der Waals surface area contributed by atoms with Crippen LogP contribution in [0.25, 0.3) is 0 Å². The van der Waals surface area contributed by atoms with Crippen molar-refractivity contribution < 1.29 is 18.3 Å². The van der Waals surface area contributed by atoms with Gasteiger partial charge in [-0.05, 0) is 64.2 Å². The van der Waals surface area contributed by atoms with Gasteiger partial charge in [0.2, 0.25) is 0 Å². The molecule has 0 heterocycles. The molecule has 104 valence electrons. The molecule has 1 aliphatic carbocycles. The molecule has 3 rings (SSSR count). The van der Waals surface area contributed by atoms with Crippen LogP contribution in [0.15, 0.2) is 34.8 Å². The third kappa shape index (κ3) is 1.88. The van der Waals surface area contributed by atoms with E-state index in [2.05, 4.69) is 15.9 Å². The topological polar surface area (TPSA) is 20.2 Å². The molecule has 0 fully saturated rings. The van der Waals surface area contributed by atoms with Gasteiger partial charge in [0.15, 0.2) is 0 Å². The van der Waals surface area contributed by atoms with Gasteiger partial charge in [0.1, 0.15) is 23.1 Å². The molecule has 0 amide bonds. The van der Waals surface area contributed by atoms with E-state index in [-0.39, 0.29) is 10.9 Å². The van der Waals surface area contributed by atoms with Gasteiger partial charge >= 0.3 is 0 Å². The Morgan fingerprint density at radius 2 is 1.85 bits per heavy atom. The van der Waals surface area contributed by atoms with Crippen molar-refractivity contribution in [3.8, 4) is 0 Å². The van der Waals surface area contributed by atoms with Gasteiger partial charge in [0.25, 0.3) is 0 Å². The van der Waals surface area contributed by atoms with Crippen LogP contribution in [-0.2, 0) is 12.0 Å². The zero-order valence-corrected chi connectivity index (χ0v) is 11.8. The molecule has 0 spiro atoms. The first kappa shape index (κ1) is 13.6. The molecular formula is C15H10BrF3O. The zero-order chi connectivity index (χ0) is 14.5. The molecule has 0 radical (unpaired) electrons. The van der Waals surface area contributed by atoms with Crippen LogP contribution in [0.4, 0.5) is 13.2 Å². The average molecular weight is 343 g/mol. The van der Waals surface area contributed by atoms with Crippen molar-refractivity contribution in [1.29, 1.82) is 0 Å². The highest BCUT2D eigenvalue weighted by Crippen LogP contribution is 2.45. The van der Waals surface area contributed by atoms with Crippen LogP contribution >= 0.6 is 15.9 Å². The Hall–Kier alpha value is -1.33. The van der Waals surface area contributed by atoms with Gasteiger partial charge in [-0.2, -0.15) is 0 Å². The largest absolute Gasteiger partial charge is 0.380 e. The molecule has 1 aliphatic rings. The van der Waals surface area contributed by atoms with Crippen LogP contribution in [0.5, 0.6) is 0 Å². The van der Waals surface area contributed by atoms with Crippen LogP contribution in [0, 0.1) is 17.5 Å². The number of benzene rings is 2. The second-order valence-electron chi connectivity index (χ2n) is 4.88. The Morgan fingerprint density at radius 1 is 1.10 bits per heavy atom. The van der Waals surface area contributed by atoms with Crippen molar-refractivity contribution in [3.63, 3.8) is 0 Å². The zero-order valence-electron chi connectivity index (χ0n) is 10.3. The lowest BCUT2D eigenvalue weighted by Crippen LogP contribution is -2.27. The highest BCUT2D eigenvalue weighted by Gasteiger charge is 2.42. The average Bonchev–Trinajstić information content (AvgIpc) is 2.72. The first-order valence-corrected chi connectivity index (χ1v) is 6.88. The molecule has 0 saturated carbocycles. The van der Waals surface area contributed by atoms with Crippen LogP contribution in [0.3, 0.4) is 0 Å². The monoisotopic (exact) mass is 342 g/mol. The molecule has 1 unspecified atom stereocenters. The summed E-state index contributed by atoms with van der Waals surface area (Å²) in [5.41, 5.74) is -1.22. The van der Waals surface area contributed by atoms with Crippen molar-refractivity contribution in [2.75, 3.05) is 0 Å². The number of halogens is 4. The summed E-state index contributed by atoms with van der Waals surface area (Å²) in [5, 5.41) is 10.8. The molecule has 1 nitrogen and oxygen atoms in total. The number of rotatable bonds is 1. The first-order valence-electron chi connectivity index (χ1n) is 6.09. The number of hydrogen-bond acceptors (Lipinski definition) is 1. The summed E-state index contributed by atoms with van der Waals surface area (Å²) in [6.45, 7) is 0. The summed E-state index contributed by atoms with van der Waals surface area (Å²) in [6.07, 6.45) is 0.491. The van der Waals surface area contributed by atoms with Crippen molar-refractivity contribution in [1.82, 2.24) is 0 Å². The fraction of sp³-hybridized carbons (Fsp3) is 0.200. The van der Waals surface area contributed by atoms with Gasteiger partial charge in [-0.3, -0.25) is 0 Å². The first-order chi connectivity index (χ1) is 9.43. The summed E-state index contributed by atoms with van der Waals surface area (Å²) in [6, 6.07) is 6.21. The van der Waals surface area contributed by atoms with Crippen molar-refractivity contribution in [2.45, 2.75) is 18.4 Å². The molecule has 20 heavy (non-hydrogen) atoms. The van der Waals surface area contributed by atoms with Gasteiger partial charge in [-0.1, -0.05) is 6.07 Å². The third-order valence-corrected chi connectivity index (χ3v) is 4.34. The predicted molar refractivity (Wildman–Crippen MR) is 71.8 cm³/mol. The van der Waals surface area contributed by atoms with Crippen LogP contribution < -0.4 is 0 Å². The van der Waals surface area contributed by atoms with Crippen molar-refractivity contribution >= 4 is 15.9 Å². The molecule has 1 atom stereocenters. The van der Waals surface area contributed by atoms with Crippen LogP contribution in [0.2, 0.25) is 0 Å². The number of aryl methyl sites for hydroxylation is 1. The van der Waals surface area contributed by atoms with E-state index in [1.807, 2.05) is 0 Å². The van der Waals surface area contributed by atoms with Crippen LogP contribution in [-0.4, -0.2) is 5.11 Å². The van der Waals surface area contributed by atoms with E-state index in [1.165, 1.54) is 24.3 Å². The Balaban J connectivity index is 2.25. The molecular weight excluding hydrogens is 333 g/mol. The minimum Gasteiger partial charge on any atom is -0.380 e. The molecule has 0 aliphatic heterocycles. The lowest BCUT2D eigenvalue weighted by atomic mass is 9.87. The summed E-state index contributed by atoms with van der Waals surface area (Å²) in [4.78, 5) is 0. The summed E-state index contributed by atoms with van der Waals surface area (Å²) in [5.74, 6) is -2.07. The minimum absolute atomic E-state index is 0.0814. The van der Waals surface area contributed by atoms with E-state index < -0.39 is 28.6 Å². The SMILES string of the molecule is OC1(c2c(F)ccc(Br)c2F)CCc2cc(F)ccc21. The van der Waals surface area contributed by atoms with E-state index in [1.54, 1.807) is 0 Å². The number of aliphatic hydroxyl groups is 1. The number of hydrogen-bond donors (Lipinski definition) is 1. The second-order valence-corrected chi connectivity index (χ2v) is 5.73. The van der Waals surface area contributed by atoms with Gasteiger partial charge in [0, 0.05) is 0 Å². The normalized spacial score (nSPS) is 21.1. The third-order valence-electron chi connectivity index (χ3n) is 3.73. The highest BCUT2D eigenvalue weighted by atomic mass is 79.9. The maximum Gasteiger partial charge on any atom is 0.146 e. The maximum absolute atomic E-state index is 14.2. The fourth-order valence-electron chi connectivity index (χ4n) is 2.79. The van der Waals surface area contributed by atoms with E-state index in [0.29, 0.717) is 17.5 Å². The van der Waals surface area contributed by atoms with Crippen molar-refractivity contribution in [2.24, 2.45) is 0 Å². The predicted octanol–water partition coefficient (Wildman–Crippen LogP) is 4.05. The van der Waals surface area contributed by atoms with Gasteiger partial charge in [0.05, 0.1) is 10.0 Å². The summed E-state index contributed by atoms with van der Waals surface area (Å²) >= 11 is 2.99. The molecule has 1 N–H and O–H groups in total. The Morgan fingerprint density at radius 3 is 2.60 bits per heavy atom. The summed E-state index contributed by atoms with van der Waals surface area (Å²) < 4.78 is 41.5. The van der Waals surface area contributed by atoms with E-state index in [9.17, 15) is 18.3 Å². The lowest BCUT2D eigenvalue weighted by Gasteiger charge is -2.26. The lowest BCUT2D eigenvalue weighted by molar-refractivity contribution is 0.0744. The van der Waals surface area contributed by atoms with E-state index >= 15 is 0 Å². The summed E-state index contributed by atoms with van der Waals surface area (Å²) in [7, 11) is 0. The Bertz CT molecular complexity index is 702. The molecule has 5 heteroatoms. The second kappa shape index (κ2) is 4.60. The van der Waals surface area contributed by atoms with Gasteiger partial charge in [-0.25, -0.2) is 13.2 Å². The standard InChI is InChI=1S/C15H10BrF3O/c16-11-3-4-12(18)13(14(11)19)15(20)6-5-8-7-9(17)1-2-10(8)15/h1-4,7,20H,5-6H2. The maximum atomic E-state index is 14.2. The minimum atomic E-state index is -1.76. The molecule has 2 aromatic rings. The molecule has 0 saturated heterocycles. The Labute approximate surface area is 122 Å². The van der Waals surface area contributed by atoms with E-state index in [4.69, 9.17) is 0 Å². The van der Waals surface area contributed by atoms with E-state index in [0.717, 1.165) is 6.07 Å². The number of fused-ring (bicyclic) bond motifs is 1. The van der Waals surface area contributed by atoms with Gasteiger partial charge < -0.3 is 5.11 Å². The highest BCUT2D eigenvalue weighted by molar-refractivity contribution is 9.10. The fourth-order valence-corrected chi connectivity index (χ4v) is 3.12. The van der Waals surface area contributed by atoms with Crippen molar-refractivity contribution in [3.05, 3.63) is 68.9 Å². The molecule has 0 bridgehead atoms. The molecule has 2 aromatic carbocycles. The van der Waals surface area contributed by atoms with Crippen LogP contribution in [0.1, 0.15) is 23.1 Å². The van der Waals surface area contributed by atoms with Gasteiger partial charge in [-0.15, -0.1) is 0 Å². The quantitative estimate of drug-likeness (QED) is 0.775. The molecule has 0 aromatic heterocycles. The smallest absolute Gasteiger partial charge is 0.146 e. The Kier molecular flexibility index (Phi) is 3.14.